The standard InChI is InChI=1S/C18H30N4O/c1-21(2)11-12-22-9-7-16(8-10-22)14-20-18(23)17-5-3-15(13-19)4-6-17/h3-6,16H,7-14,19H2,1-2H3,(H,20,23). The van der Waals surface area contributed by atoms with Gasteiger partial charge in [-0.05, 0) is 63.6 Å². The summed E-state index contributed by atoms with van der Waals surface area (Å²) in [6.45, 7) is 5.81. The molecular formula is C18H30N4O. The molecule has 5 heteroatoms. The predicted octanol–water partition coefficient (Wildman–Crippen LogP) is 1.15. The fourth-order valence-electron chi connectivity index (χ4n) is 2.89. The molecule has 1 aromatic rings. The first kappa shape index (κ1) is 17.9. The van der Waals surface area contributed by atoms with Gasteiger partial charge in [-0.3, -0.25) is 4.79 Å². The molecule has 0 atom stereocenters. The van der Waals surface area contributed by atoms with Crippen LogP contribution in [0.4, 0.5) is 0 Å². The largest absolute Gasteiger partial charge is 0.352 e. The summed E-state index contributed by atoms with van der Waals surface area (Å²) in [4.78, 5) is 16.9. The number of hydrogen-bond acceptors (Lipinski definition) is 4. The van der Waals surface area contributed by atoms with Gasteiger partial charge < -0.3 is 20.9 Å². The van der Waals surface area contributed by atoms with Crippen LogP contribution in [0, 0.1) is 5.92 Å². The first-order chi connectivity index (χ1) is 11.1. The molecule has 1 fully saturated rings. The third-order valence-corrected chi connectivity index (χ3v) is 4.57. The third kappa shape index (κ3) is 5.94. The molecule has 3 N–H and O–H groups in total. The number of piperidine rings is 1. The van der Waals surface area contributed by atoms with Gasteiger partial charge in [0.15, 0.2) is 0 Å². The second-order valence-corrected chi connectivity index (χ2v) is 6.70. The zero-order valence-electron chi connectivity index (χ0n) is 14.4. The van der Waals surface area contributed by atoms with Gasteiger partial charge in [0.1, 0.15) is 0 Å². The van der Waals surface area contributed by atoms with Crippen molar-refractivity contribution in [1.29, 1.82) is 0 Å². The topological polar surface area (TPSA) is 61.6 Å². The van der Waals surface area contributed by atoms with Crippen LogP contribution in [0.1, 0.15) is 28.8 Å². The fraction of sp³-hybridized carbons (Fsp3) is 0.611. The number of likely N-dealkylation sites (N-methyl/N-ethyl adjacent to an activating group) is 1. The Morgan fingerprint density at radius 1 is 1.26 bits per heavy atom. The third-order valence-electron chi connectivity index (χ3n) is 4.57. The average Bonchev–Trinajstić information content (AvgIpc) is 2.58. The van der Waals surface area contributed by atoms with Crippen LogP contribution < -0.4 is 11.1 Å². The predicted molar refractivity (Wildman–Crippen MR) is 94.4 cm³/mol. The molecule has 128 valence electrons. The van der Waals surface area contributed by atoms with Crippen molar-refractivity contribution in [2.24, 2.45) is 11.7 Å². The van der Waals surface area contributed by atoms with Crippen molar-refractivity contribution in [1.82, 2.24) is 15.1 Å². The maximum atomic E-state index is 12.2. The van der Waals surface area contributed by atoms with Crippen LogP contribution in [0.15, 0.2) is 24.3 Å². The summed E-state index contributed by atoms with van der Waals surface area (Å²) in [6, 6.07) is 7.53. The van der Waals surface area contributed by atoms with Gasteiger partial charge >= 0.3 is 0 Å². The summed E-state index contributed by atoms with van der Waals surface area (Å²) in [7, 11) is 4.23. The highest BCUT2D eigenvalue weighted by molar-refractivity contribution is 5.94. The van der Waals surface area contributed by atoms with E-state index in [2.05, 4.69) is 29.2 Å². The number of amides is 1. The molecule has 0 saturated carbocycles. The lowest BCUT2D eigenvalue weighted by Gasteiger charge is -2.32. The molecule has 1 aliphatic heterocycles. The van der Waals surface area contributed by atoms with Crippen LogP contribution in [-0.2, 0) is 6.54 Å². The van der Waals surface area contributed by atoms with Crippen LogP contribution in [0.3, 0.4) is 0 Å². The van der Waals surface area contributed by atoms with Crippen LogP contribution in [0.5, 0.6) is 0 Å². The molecule has 1 heterocycles. The Morgan fingerprint density at radius 2 is 1.91 bits per heavy atom. The zero-order chi connectivity index (χ0) is 16.7. The fourth-order valence-corrected chi connectivity index (χ4v) is 2.89. The molecule has 1 amide bonds. The Balaban J connectivity index is 1.69. The van der Waals surface area contributed by atoms with Crippen molar-refractivity contribution in [3.05, 3.63) is 35.4 Å². The van der Waals surface area contributed by atoms with E-state index < -0.39 is 0 Å². The quantitative estimate of drug-likeness (QED) is 0.792. The number of hydrogen-bond donors (Lipinski definition) is 2. The van der Waals surface area contributed by atoms with Gasteiger partial charge in [0.25, 0.3) is 5.91 Å². The van der Waals surface area contributed by atoms with Crippen LogP contribution in [0.25, 0.3) is 0 Å². The monoisotopic (exact) mass is 318 g/mol. The maximum Gasteiger partial charge on any atom is 0.251 e. The normalized spacial score (nSPS) is 16.7. The Hall–Kier alpha value is -1.43. The maximum absolute atomic E-state index is 12.2. The second kappa shape index (κ2) is 9.01. The van der Waals surface area contributed by atoms with E-state index in [0.717, 1.165) is 38.3 Å². The van der Waals surface area contributed by atoms with E-state index in [-0.39, 0.29) is 5.91 Å². The number of nitrogens with one attached hydrogen (secondary N) is 1. The van der Waals surface area contributed by atoms with E-state index in [1.165, 1.54) is 12.8 Å². The number of rotatable bonds is 7. The van der Waals surface area contributed by atoms with E-state index in [1.807, 2.05) is 24.3 Å². The van der Waals surface area contributed by atoms with E-state index in [9.17, 15) is 4.79 Å². The van der Waals surface area contributed by atoms with Gasteiger partial charge in [-0.15, -0.1) is 0 Å². The molecule has 2 rings (SSSR count). The van der Waals surface area contributed by atoms with Crippen LogP contribution in [0.2, 0.25) is 0 Å². The van der Waals surface area contributed by atoms with E-state index in [1.54, 1.807) is 0 Å². The molecule has 0 radical (unpaired) electrons. The van der Waals surface area contributed by atoms with Crippen LogP contribution in [-0.4, -0.2) is 62.5 Å². The highest BCUT2D eigenvalue weighted by Crippen LogP contribution is 2.16. The lowest BCUT2D eigenvalue weighted by atomic mass is 9.96. The van der Waals surface area contributed by atoms with Crippen molar-refractivity contribution in [3.8, 4) is 0 Å². The molecule has 5 nitrogen and oxygen atoms in total. The van der Waals surface area contributed by atoms with Gasteiger partial charge in [0.2, 0.25) is 0 Å². The van der Waals surface area contributed by atoms with Gasteiger partial charge in [0.05, 0.1) is 0 Å². The molecule has 0 aromatic heterocycles. The Labute approximate surface area is 139 Å². The average molecular weight is 318 g/mol. The van der Waals surface area contributed by atoms with Crippen molar-refractivity contribution in [2.45, 2.75) is 19.4 Å². The van der Waals surface area contributed by atoms with Crippen molar-refractivity contribution < 1.29 is 4.79 Å². The first-order valence-electron chi connectivity index (χ1n) is 8.52. The SMILES string of the molecule is CN(C)CCN1CCC(CNC(=O)c2ccc(CN)cc2)CC1. The van der Waals surface area contributed by atoms with Gasteiger partial charge in [-0.1, -0.05) is 12.1 Å². The highest BCUT2D eigenvalue weighted by Gasteiger charge is 2.19. The number of nitrogens with two attached hydrogens (primary N) is 1. The summed E-state index contributed by atoms with van der Waals surface area (Å²) in [5.41, 5.74) is 7.34. The van der Waals surface area contributed by atoms with Gasteiger partial charge in [-0.25, -0.2) is 0 Å². The molecule has 0 spiro atoms. The van der Waals surface area contributed by atoms with Crippen LogP contribution >= 0.6 is 0 Å². The molecule has 0 bridgehead atoms. The molecule has 0 unspecified atom stereocenters. The molecule has 0 aliphatic carbocycles. The van der Waals surface area contributed by atoms with E-state index in [0.29, 0.717) is 18.0 Å². The minimum atomic E-state index is 0.0172. The number of likely N-dealkylation sites (tertiary alicyclic amines) is 1. The smallest absolute Gasteiger partial charge is 0.251 e. The summed E-state index contributed by atoms with van der Waals surface area (Å²) in [5, 5.41) is 3.07. The summed E-state index contributed by atoms with van der Waals surface area (Å²) in [6.07, 6.45) is 2.33. The minimum Gasteiger partial charge on any atom is -0.352 e. The Morgan fingerprint density at radius 3 is 2.48 bits per heavy atom. The Bertz CT molecular complexity index is 478. The molecular weight excluding hydrogens is 288 g/mol. The molecule has 23 heavy (non-hydrogen) atoms. The van der Waals surface area contributed by atoms with Gasteiger partial charge in [-0.2, -0.15) is 0 Å². The first-order valence-corrected chi connectivity index (χ1v) is 8.52. The highest BCUT2D eigenvalue weighted by atomic mass is 16.1. The number of carbonyl (C=O) groups excluding carboxylic acids is 1. The minimum absolute atomic E-state index is 0.0172. The number of benzene rings is 1. The van der Waals surface area contributed by atoms with E-state index >= 15 is 0 Å². The summed E-state index contributed by atoms with van der Waals surface area (Å²) < 4.78 is 0. The number of carbonyl (C=O) groups is 1. The summed E-state index contributed by atoms with van der Waals surface area (Å²) >= 11 is 0. The van der Waals surface area contributed by atoms with Crippen molar-refractivity contribution >= 4 is 5.91 Å². The van der Waals surface area contributed by atoms with Gasteiger partial charge in [0, 0.05) is 31.7 Å². The molecule has 1 saturated heterocycles. The lowest BCUT2D eigenvalue weighted by Crippen LogP contribution is -2.41. The number of nitrogens with zero attached hydrogens (tertiary/aromatic N) is 2. The van der Waals surface area contributed by atoms with Crippen molar-refractivity contribution in [3.63, 3.8) is 0 Å². The molecule has 1 aromatic carbocycles. The van der Waals surface area contributed by atoms with E-state index in [4.69, 9.17) is 5.73 Å². The Kier molecular flexibility index (Phi) is 7.02. The lowest BCUT2D eigenvalue weighted by molar-refractivity contribution is 0.0935. The van der Waals surface area contributed by atoms with Crippen molar-refractivity contribution in [2.75, 3.05) is 46.8 Å². The summed E-state index contributed by atoms with van der Waals surface area (Å²) in [5.74, 6) is 0.612. The second-order valence-electron chi connectivity index (χ2n) is 6.70. The molecule has 1 aliphatic rings. The zero-order valence-corrected chi connectivity index (χ0v) is 14.4.